The lowest BCUT2D eigenvalue weighted by molar-refractivity contribution is -0.136. The third-order valence-electron chi connectivity index (χ3n) is 5.83. The van der Waals surface area contributed by atoms with Crippen LogP contribution in [0, 0.1) is 0 Å². The van der Waals surface area contributed by atoms with Crippen molar-refractivity contribution in [3.63, 3.8) is 0 Å². The minimum atomic E-state index is -3.00. The van der Waals surface area contributed by atoms with Gasteiger partial charge in [0.15, 0.2) is 9.84 Å². The van der Waals surface area contributed by atoms with Crippen LogP contribution in [0.4, 0.5) is 5.69 Å². The summed E-state index contributed by atoms with van der Waals surface area (Å²) in [5.41, 5.74) is 1.09. The Morgan fingerprint density at radius 1 is 1.25 bits per heavy atom. The fraction of sp³-hybridized carbons (Fsp3) is 0.650. The Morgan fingerprint density at radius 2 is 1.93 bits per heavy atom. The molecule has 2 atom stereocenters. The van der Waals surface area contributed by atoms with E-state index in [-0.39, 0.29) is 29.5 Å². The summed E-state index contributed by atoms with van der Waals surface area (Å²) in [4.78, 5) is 19.0. The molecule has 156 valence electrons. The molecule has 1 amide bonds. The maximum atomic E-state index is 12.9. The highest BCUT2D eigenvalue weighted by atomic mass is 32.2. The number of hydrogen-bond acceptors (Lipinski definition) is 6. The maximum Gasteiger partial charge on any atom is 0.239 e. The Labute approximate surface area is 168 Å². The van der Waals surface area contributed by atoms with Gasteiger partial charge >= 0.3 is 0 Å². The molecule has 3 rings (SSSR count). The summed E-state index contributed by atoms with van der Waals surface area (Å²) in [7, 11) is -1.26. The molecule has 0 aliphatic carbocycles. The van der Waals surface area contributed by atoms with E-state index >= 15 is 0 Å². The molecule has 2 heterocycles. The van der Waals surface area contributed by atoms with Crippen LogP contribution in [0.3, 0.4) is 0 Å². The van der Waals surface area contributed by atoms with Crippen molar-refractivity contribution in [1.29, 1.82) is 0 Å². The third-order valence-corrected chi connectivity index (χ3v) is 7.58. The molecule has 2 aliphatic rings. The smallest absolute Gasteiger partial charge is 0.239 e. The number of nitrogens with zero attached hydrogens (tertiary/aromatic N) is 3. The van der Waals surface area contributed by atoms with Crippen molar-refractivity contribution in [1.82, 2.24) is 9.80 Å². The Kier molecular flexibility index (Phi) is 6.50. The van der Waals surface area contributed by atoms with Crippen LogP contribution in [-0.2, 0) is 14.6 Å². The van der Waals surface area contributed by atoms with Crippen molar-refractivity contribution >= 4 is 21.4 Å². The number of anilines is 1. The van der Waals surface area contributed by atoms with Crippen molar-refractivity contribution < 1.29 is 17.9 Å². The van der Waals surface area contributed by atoms with Gasteiger partial charge < -0.3 is 14.5 Å². The van der Waals surface area contributed by atoms with Gasteiger partial charge in [-0.1, -0.05) is 12.1 Å². The van der Waals surface area contributed by atoms with E-state index < -0.39 is 9.84 Å². The quantitative estimate of drug-likeness (QED) is 0.704. The molecule has 1 aromatic rings. The highest BCUT2D eigenvalue weighted by Crippen LogP contribution is 2.29. The lowest BCUT2D eigenvalue weighted by atomic mass is 10.1. The predicted molar refractivity (Wildman–Crippen MR) is 111 cm³/mol. The molecular weight excluding hydrogens is 378 g/mol. The largest absolute Gasteiger partial charge is 0.492 e. The minimum Gasteiger partial charge on any atom is -0.492 e. The van der Waals surface area contributed by atoms with Gasteiger partial charge in [0.25, 0.3) is 0 Å². The van der Waals surface area contributed by atoms with Gasteiger partial charge in [-0.2, -0.15) is 0 Å². The standard InChI is InChI=1S/C20H31N3O4S/c1-4-27-19-8-6-5-7-18(19)23-12-10-22(11-13-23)16(2)20(24)21(3)17-9-14-28(25,26)15-17/h5-8,16-17H,4,9-15H2,1-3H3/t16-,17+/m1/s1. The Hall–Kier alpha value is -1.80. The van der Waals surface area contributed by atoms with E-state index in [2.05, 4.69) is 15.9 Å². The van der Waals surface area contributed by atoms with E-state index in [0.29, 0.717) is 13.0 Å². The van der Waals surface area contributed by atoms with Gasteiger partial charge in [0.1, 0.15) is 5.75 Å². The zero-order chi connectivity index (χ0) is 20.3. The van der Waals surface area contributed by atoms with Gasteiger partial charge in [0, 0.05) is 39.3 Å². The van der Waals surface area contributed by atoms with Crippen molar-refractivity contribution in [2.45, 2.75) is 32.4 Å². The zero-order valence-electron chi connectivity index (χ0n) is 17.0. The van der Waals surface area contributed by atoms with Gasteiger partial charge in [-0.05, 0) is 32.4 Å². The summed E-state index contributed by atoms with van der Waals surface area (Å²) in [5.74, 6) is 1.17. The first-order valence-electron chi connectivity index (χ1n) is 10.0. The molecule has 0 spiro atoms. The number of piperazine rings is 1. The van der Waals surface area contributed by atoms with E-state index in [9.17, 15) is 13.2 Å². The second-order valence-electron chi connectivity index (χ2n) is 7.61. The van der Waals surface area contributed by atoms with Gasteiger partial charge in [-0.15, -0.1) is 0 Å². The van der Waals surface area contributed by atoms with Crippen LogP contribution in [0.1, 0.15) is 20.3 Å². The summed E-state index contributed by atoms with van der Waals surface area (Å²) in [5, 5.41) is 0. The van der Waals surface area contributed by atoms with Crippen molar-refractivity contribution in [3.05, 3.63) is 24.3 Å². The number of para-hydroxylation sites is 2. The molecule has 1 aromatic carbocycles. The van der Waals surface area contributed by atoms with Gasteiger partial charge in [-0.3, -0.25) is 9.69 Å². The molecule has 2 fully saturated rings. The molecule has 2 aliphatic heterocycles. The number of carbonyl (C=O) groups is 1. The predicted octanol–water partition coefficient (Wildman–Crippen LogP) is 1.24. The number of carbonyl (C=O) groups excluding carboxylic acids is 1. The van der Waals surface area contributed by atoms with Crippen LogP contribution < -0.4 is 9.64 Å². The number of benzene rings is 1. The third kappa shape index (κ3) is 4.60. The average molecular weight is 410 g/mol. The molecule has 0 unspecified atom stereocenters. The van der Waals surface area contributed by atoms with Crippen LogP contribution in [-0.4, -0.2) is 87.5 Å². The summed E-state index contributed by atoms with van der Waals surface area (Å²) in [6.45, 7) is 7.74. The van der Waals surface area contributed by atoms with Crippen LogP contribution in [0.25, 0.3) is 0 Å². The fourth-order valence-electron chi connectivity index (χ4n) is 4.06. The van der Waals surface area contributed by atoms with E-state index in [1.165, 1.54) is 0 Å². The molecule has 0 bridgehead atoms. The topological polar surface area (TPSA) is 70.2 Å². The average Bonchev–Trinajstić information content (AvgIpc) is 3.07. The number of ether oxygens (including phenoxy) is 1. The molecule has 2 saturated heterocycles. The highest BCUT2D eigenvalue weighted by Gasteiger charge is 2.36. The van der Waals surface area contributed by atoms with Crippen molar-refractivity contribution in [2.24, 2.45) is 0 Å². The zero-order valence-corrected chi connectivity index (χ0v) is 17.8. The Bertz CT molecular complexity index is 790. The second kappa shape index (κ2) is 8.69. The molecule has 0 saturated carbocycles. The van der Waals surface area contributed by atoms with Crippen LogP contribution in [0.15, 0.2) is 24.3 Å². The first-order valence-corrected chi connectivity index (χ1v) is 11.8. The minimum absolute atomic E-state index is 0.00488. The van der Waals surface area contributed by atoms with Gasteiger partial charge in [0.2, 0.25) is 5.91 Å². The van der Waals surface area contributed by atoms with E-state index in [0.717, 1.165) is 37.6 Å². The molecule has 0 radical (unpaired) electrons. The lowest BCUT2D eigenvalue weighted by Gasteiger charge is -2.40. The molecule has 8 heteroatoms. The van der Waals surface area contributed by atoms with E-state index in [1.54, 1.807) is 11.9 Å². The number of likely N-dealkylation sites (N-methyl/N-ethyl adjacent to an activating group) is 1. The Morgan fingerprint density at radius 3 is 2.54 bits per heavy atom. The van der Waals surface area contributed by atoms with Crippen LogP contribution >= 0.6 is 0 Å². The van der Waals surface area contributed by atoms with E-state index in [1.807, 2.05) is 32.0 Å². The number of hydrogen-bond donors (Lipinski definition) is 0. The summed E-state index contributed by atoms with van der Waals surface area (Å²) >= 11 is 0. The first kappa shape index (κ1) is 20.9. The summed E-state index contributed by atoms with van der Waals surface area (Å²) < 4.78 is 29.2. The number of rotatable bonds is 6. The first-order chi connectivity index (χ1) is 13.3. The van der Waals surface area contributed by atoms with Gasteiger partial charge in [-0.25, -0.2) is 8.42 Å². The van der Waals surface area contributed by atoms with Crippen LogP contribution in [0.5, 0.6) is 5.75 Å². The molecule has 0 N–H and O–H groups in total. The second-order valence-corrected chi connectivity index (χ2v) is 9.83. The van der Waals surface area contributed by atoms with Gasteiger partial charge in [0.05, 0.1) is 29.8 Å². The van der Waals surface area contributed by atoms with Crippen LogP contribution in [0.2, 0.25) is 0 Å². The summed E-state index contributed by atoms with van der Waals surface area (Å²) in [6.07, 6.45) is 0.541. The fourth-order valence-corrected chi connectivity index (χ4v) is 5.83. The monoisotopic (exact) mass is 409 g/mol. The highest BCUT2D eigenvalue weighted by molar-refractivity contribution is 7.91. The van der Waals surface area contributed by atoms with Crippen molar-refractivity contribution in [2.75, 3.05) is 56.2 Å². The van der Waals surface area contributed by atoms with Crippen molar-refractivity contribution in [3.8, 4) is 5.75 Å². The molecule has 28 heavy (non-hydrogen) atoms. The SMILES string of the molecule is CCOc1ccccc1N1CCN([C@H](C)C(=O)N(C)[C@H]2CCS(=O)(=O)C2)CC1. The number of sulfone groups is 1. The molecule has 0 aromatic heterocycles. The Balaban J connectivity index is 1.58. The summed E-state index contributed by atoms with van der Waals surface area (Å²) in [6, 6.07) is 7.61. The number of amides is 1. The lowest BCUT2D eigenvalue weighted by Crippen LogP contribution is -2.55. The molecule has 7 nitrogen and oxygen atoms in total. The van der Waals surface area contributed by atoms with E-state index in [4.69, 9.17) is 4.74 Å². The maximum absolute atomic E-state index is 12.9. The normalized spacial score (nSPS) is 23.4. The molecular formula is C20H31N3O4S.